The monoisotopic (exact) mass is 315 g/mol. The van der Waals surface area contributed by atoms with Crippen molar-refractivity contribution in [2.45, 2.75) is 44.4 Å². The Hall–Kier alpha value is -1.72. The lowest BCUT2D eigenvalue weighted by Crippen LogP contribution is -2.46. The van der Waals surface area contributed by atoms with Crippen LogP contribution >= 0.6 is 0 Å². The third-order valence-electron chi connectivity index (χ3n) is 3.79. The van der Waals surface area contributed by atoms with Gasteiger partial charge < -0.3 is 9.64 Å². The van der Waals surface area contributed by atoms with Crippen molar-refractivity contribution in [1.82, 2.24) is 4.90 Å². The second-order valence-corrected chi connectivity index (χ2v) is 6.60. The quantitative estimate of drug-likeness (QED) is 0.780. The maximum atomic E-state index is 13.7. The van der Waals surface area contributed by atoms with Crippen LogP contribution in [0.25, 0.3) is 0 Å². The molecule has 122 valence electrons. The summed E-state index contributed by atoms with van der Waals surface area (Å²) in [6, 6.07) is 7.77. The summed E-state index contributed by atoms with van der Waals surface area (Å²) in [6.07, 6.45) is -5.28. The van der Waals surface area contributed by atoms with Crippen molar-refractivity contribution >= 4 is 6.09 Å². The van der Waals surface area contributed by atoms with Crippen LogP contribution in [-0.2, 0) is 10.2 Å². The number of carbonyl (C=O) groups is 1. The van der Waals surface area contributed by atoms with Crippen molar-refractivity contribution in [1.29, 1.82) is 0 Å². The molecule has 0 aliphatic carbocycles. The summed E-state index contributed by atoms with van der Waals surface area (Å²) < 4.78 is 46.3. The highest BCUT2D eigenvalue weighted by molar-refractivity contribution is 5.69. The van der Waals surface area contributed by atoms with Gasteiger partial charge in [-0.05, 0) is 32.8 Å². The van der Waals surface area contributed by atoms with E-state index in [1.165, 1.54) is 12.1 Å². The molecule has 1 atom stereocenters. The lowest BCUT2D eigenvalue weighted by Gasteiger charge is -2.32. The van der Waals surface area contributed by atoms with Crippen LogP contribution < -0.4 is 0 Å². The van der Waals surface area contributed by atoms with Gasteiger partial charge in [-0.2, -0.15) is 13.2 Å². The normalized spacial score (nSPS) is 22.7. The van der Waals surface area contributed by atoms with Crippen LogP contribution in [0.1, 0.15) is 32.8 Å². The van der Waals surface area contributed by atoms with Crippen molar-refractivity contribution in [3.8, 4) is 0 Å². The zero-order valence-electron chi connectivity index (χ0n) is 12.9. The van der Waals surface area contributed by atoms with Crippen LogP contribution in [-0.4, -0.2) is 35.9 Å². The topological polar surface area (TPSA) is 29.5 Å². The molecule has 6 heteroatoms. The van der Waals surface area contributed by atoms with Crippen LogP contribution in [0, 0.1) is 0 Å². The van der Waals surface area contributed by atoms with Crippen molar-refractivity contribution in [3.63, 3.8) is 0 Å². The first-order valence-corrected chi connectivity index (χ1v) is 7.15. The van der Waals surface area contributed by atoms with Gasteiger partial charge in [0, 0.05) is 13.1 Å². The van der Waals surface area contributed by atoms with Gasteiger partial charge in [0.1, 0.15) is 11.0 Å². The number of carbonyl (C=O) groups excluding carboxylic acids is 1. The SMILES string of the molecule is CC(C)(C)OC(=O)N1CCC(c2ccccc2)(C(F)(F)F)C1. The number of nitrogens with zero attached hydrogens (tertiary/aromatic N) is 1. The zero-order chi connectivity index (χ0) is 16.6. The van der Waals surface area contributed by atoms with Gasteiger partial charge in [0.15, 0.2) is 0 Å². The molecule has 1 amide bonds. The maximum Gasteiger partial charge on any atom is 0.410 e. The highest BCUT2D eigenvalue weighted by Gasteiger charge is 2.59. The Balaban J connectivity index is 2.27. The van der Waals surface area contributed by atoms with E-state index in [0.717, 1.165) is 4.90 Å². The summed E-state index contributed by atoms with van der Waals surface area (Å²) in [5.41, 5.74) is -2.56. The lowest BCUT2D eigenvalue weighted by molar-refractivity contribution is -0.186. The van der Waals surface area contributed by atoms with E-state index in [4.69, 9.17) is 4.74 Å². The van der Waals surface area contributed by atoms with E-state index < -0.39 is 29.8 Å². The molecule has 0 radical (unpaired) electrons. The minimum Gasteiger partial charge on any atom is -0.444 e. The van der Waals surface area contributed by atoms with E-state index in [0.29, 0.717) is 0 Å². The van der Waals surface area contributed by atoms with Gasteiger partial charge in [-0.1, -0.05) is 30.3 Å². The van der Waals surface area contributed by atoms with Crippen LogP contribution in [0.15, 0.2) is 30.3 Å². The summed E-state index contributed by atoms with van der Waals surface area (Å²) in [5.74, 6) is 0. The predicted molar refractivity (Wildman–Crippen MR) is 76.6 cm³/mol. The summed E-state index contributed by atoms with van der Waals surface area (Å²) >= 11 is 0. The number of amides is 1. The second kappa shape index (κ2) is 5.48. The third kappa shape index (κ3) is 3.20. The Kier molecular flexibility index (Phi) is 4.15. The predicted octanol–water partition coefficient (Wildman–Crippen LogP) is 4.13. The molecule has 0 aromatic heterocycles. The molecule has 1 aliphatic rings. The molecule has 1 aromatic carbocycles. The van der Waals surface area contributed by atoms with Crippen LogP contribution in [0.4, 0.5) is 18.0 Å². The molecule has 1 heterocycles. The minimum absolute atomic E-state index is 0.0311. The standard InChI is InChI=1S/C16H20F3NO2/c1-14(2,3)22-13(21)20-10-9-15(11-20,16(17,18)19)12-7-5-4-6-8-12/h4-8H,9-11H2,1-3H3. The second-order valence-electron chi connectivity index (χ2n) is 6.60. The molecule has 22 heavy (non-hydrogen) atoms. The molecular weight excluding hydrogens is 295 g/mol. The number of rotatable bonds is 1. The van der Waals surface area contributed by atoms with E-state index in [1.807, 2.05) is 0 Å². The molecule has 0 N–H and O–H groups in total. The van der Waals surface area contributed by atoms with Gasteiger partial charge in [-0.25, -0.2) is 4.79 Å². The van der Waals surface area contributed by atoms with Crippen molar-refractivity contribution in [2.75, 3.05) is 13.1 Å². The van der Waals surface area contributed by atoms with E-state index in [9.17, 15) is 18.0 Å². The van der Waals surface area contributed by atoms with Gasteiger partial charge in [-0.15, -0.1) is 0 Å². The number of benzene rings is 1. The molecule has 1 aliphatic heterocycles. The first kappa shape index (κ1) is 16.6. The summed E-state index contributed by atoms with van der Waals surface area (Å²) in [4.78, 5) is 13.2. The third-order valence-corrected chi connectivity index (χ3v) is 3.79. The summed E-state index contributed by atoms with van der Waals surface area (Å²) in [6.45, 7) is 4.69. The molecule has 0 spiro atoms. The Morgan fingerprint density at radius 2 is 1.77 bits per heavy atom. The molecule has 0 saturated carbocycles. The van der Waals surface area contributed by atoms with E-state index >= 15 is 0 Å². The number of likely N-dealkylation sites (tertiary alicyclic amines) is 1. The molecule has 3 nitrogen and oxygen atoms in total. The van der Waals surface area contributed by atoms with Crippen molar-refractivity contribution < 1.29 is 22.7 Å². The molecule has 1 saturated heterocycles. The Morgan fingerprint density at radius 3 is 2.27 bits per heavy atom. The highest BCUT2D eigenvalue weighted by atomic mass is 19.4. The zero-order valence-corrected chi connectivity index (χ0v) is 12.9. The Labute approximate surface area is 128 Å². The Bertz CT molecular complexity index is 537. The van der Waals surface area contributed by atoms with Gasteiger partial charge in [0.25, 0.3) is 0 Å². The van der Waals surface area contributed by atoms with Crippen LogP contribution in [0.5, 0.6) is 0 Å². The smallest absolute Gasteiger partial charge is 0.410 e. The summed E-state index contributed by atoms with van der Waals surface area (Å²) in [7, 11) is 0. The first-order chi connectivity index (χ1) is 10.1. The van der Waals surface area contributed by atoms with Crippen molar-refractivity contribution in [2.24, 2.45) is 0 Å². The fourth-order valence-electron chi connectivity index (χ4n) is 2.68. The fraction of sp³-hybridized carbons (Fsp3) is 0.562. The van der Waals surface area contributed by atoms with E-state index in [-0.39, 0.29) is 18.5 Å². The van der Waals surface area contributed by atoms with Gasteiger partial charge in [-0.3, -0.25) is 0 Å². The average molecular weight is 315 g/mol. The Morgan fingerprint density at radius 1 is 1.18 bits per heavy atom. The molecule has 1 fully saturated rings. The number of alkyl halides is 3. The fourth-order valence-corrected chi connectivity index (χ4v) is 2.68. The molecule has 0 bridgehead atoms. The van der Waals surface area contributed by atoms with Gasteiger partial charge >= 0.3 is 12.3 Å². The molecule has 1 aromatic rings. The highest BCUT2D eigenvalue weighted by Crippen LogP contribution is 2.47. The molecule has 1 unspecified atom stereocenters. The van der Waals surface area contributed by atoms with Gasteiger partial charge in [0.2, 0.25) is 0 Å². The van der Waals surface area contributed by atoms with E-state index in [2.05, 4.69) is 0 Å². The minimum atomic E-state index is -4.43. The molecule has 2 rings (SSSR count). The van der Waals surface area contributed by atoms with Crippen LogP contribution in [0.2, 0.25) is 0 Å². The van der Waals surface area contributed by atoms with Gasteiger partial charge in [0.05, 0.1) is 0 Å². The lowest BCUT2D eigenvalue weighted by atomic mass is 9.79. The average Bonchev–Trinajstić information content (AvgIpc) is 2.83. The van der Waals surface area contributed by atoms with Crippen LogP contribution in [0.3, 0.4) is 0 Å². The molecular formula is C16H20F3NO2. The largest absolute Gasteiger partial charge is 0.444 e. The number of hydrogen-bond acceptors (Lipinski definition) is 2. The summed E-state index contributed by atoms with van der Waals surface area (Å²) in [5, 5.41) is 0. The number of hydrogen-bond donors (Lipinski definition) is 0. The van der Waals surface area contributed by atoms with E-state index in [1.54, 1.807) is 39.0 Å². The maximum absolute atomic E-state index is 13.7. The van der Waals surface area contributed by atoms with Crippen molar-refractivity contribution in [3.05, 3.63) is 35.9 Å². The number of halogens is 3. The number of ether oxygens (including phenoxy) is 1. The first-order valence-electron chi connectivity index (χ1n) is 7.15.